The molecule has 20 heavy (non-hydrogen) atoms. The van der Waals surface area contributed by atoms with Crippen molar-refractivity contribution in [2.45, 2.75) is 65.0 Å². The number of nitrogens with two attached hydrogens (primary N) is 1. The summed E-state index contributed by atoms with van der Waals surface area (Å²) in [6.07, 6.45) is 6.85. The number of hydrogen-bond donors (Lipinski definition) is 1. The summed E-state index contributed by atoms with van der Waals surface area (Å²) in [6, 6.07) is 7.87. The van der Waals surface area contributed by atoms with Crippen LogP contribution in [0.4, 0.5) is 0 Å². The minimum atomic E-state index is 0.378. The Morgan fingerprint density at radius 1 is 1.20 bits per heavy atom. The quantitative estimate of drug-likeness (QED) is 0.880. The van der Waals surface area contributed by atoms with Crippen molar-refractivity contribution in [1.29, 1.82) is 0 Å². The largest absolute Gasteiger partial charge is 0.329 e. The third kappa shape index (κ3) is 3.42. The maximum Gasteiger partial charge on any atom is 0.0475 e. The second-order valence-corrected chi connectivity index (χ2v) is 6.23. The van der Waals surface area contributed by atoms with E-state index in [9.17, 15) is 0 Å². The molecule has 0 saturated heterocycles. The van der Waals surface area contributed by atoms with Gasteiger partial charge < -0.3 is 5.73 Å². The SMILES string of the molecule is CCN(C1CCCCC1)C(CN)c1cc(C)ccc1C. The van der Waals surface area contributed by atoms with Gasteiger partial charge in [-0.05, 0) is 44.4 Å². The van der Waals surface area contributed by atoms with Crippen molar-refractivity contribution in [2.24, 2.45) is 5.73 Å². The van der Waals surface area contributed by atoms with E-state index in [2.05, 4.69) is 43.9 Å². The topological polar surface area (TPSA) is 29.3 Å². The van der Waals surface area contributed by atoms with Crippen LogP contribution in [0.1, 0.15) is 61.8 Å². The van der Waals surface area contributed by atoms with Crippen molar-refractivity contribution in [1.82, 2.24) is 4.90 Å². The summed E-state index contributed by atoms with van der Waals surface area (Å²) in [5, 5.41) is 0. The molecule has 0 spiro atoms. The third-order valence-corrected chi connectivity index (χ3v) is 4.83. The van der Waals surface area contributed by atoms with Crippen molar-refractivity contribution in [2.75, 3.05) is 13.1 Å². The molecule has 0 aromatic heterocycles. The summed E-state index contributed by atoms with van der Waals surface area (Å²) in [7, 11) is 0. The van der Waals surface area contributed by atoms with Crippen LogP contribution in [0.5, 0.6) is 0 Å². The highest BCUT2D eigenvalue weighted by Crippen LogP contribution is 2.31. The molecule has 112 valence electrons. The van der Waals surface area contributed by atoms with Crippen LogP contribution in [0, 0.1) is 13.8 Å². The summed E-state index contributed by atoms with van der Waals surface area (Å²) < 4.78 is 0. The number of hydrogen-bond acceptors (Lipinski definition) is 2. The van der Waals surface area contributed by atoms with Gasteiger partial charge in [0.15, 0.2) is 0 Å². The van der Waals surface area contributed by atoms with Crippen molar-refractivity contribution in [3.05, 3.63) is 34.9 Å². The minimum absolute atomic E-state index is 0.378. The molecule has 1 saturated carbocycles. The first-order chi connectivity index (χ1) is 9.67. The zero-order chi connectivity index (χ0) is 14.5. The summed E-state index contributed by atoms with van der Waals surface area (Å²) in [5.41, 5.74) is 10.3. The Balaban J connectivity index is 2.26. The van der Waals surface area contributed by atoms with Gasteiger partial charge in [-0.1, -0.05) is 49.9 Å². The van der Waals surface area contributed by atoms with Gasteiger partial charge in [-0.2, -0.15) is 0 Å². The molecule has 0 heterocycles. The van der Waals surface area contributed by atoms with Gasteiger partial charge in [0.25, 0.3) is 0 Å². The summed E-state index contributed by atoms with van der Waals surface area (Å²) in [5.74, 6) is 0. The van der Waals surface area contributed by atoms with E-state index in [1.165, 1.54) is 48.8 Å². The second kappa shape index (κ2) is 7.24. The molecule has 1 aromatic rings. The van der Waals surface area contributed by atoms with Gasteiger partial charge in [-0.3, -0.25) is 4.90 Å². The first kappa shape index (κ1) is 15.5. The van der Waals surface area contributed by atoms with E-state index >= 15 is 0 Å². The molecule has 2 N–H and O–H groups in total. The fraction of sp³-hybridized carbons (Fsp3) is 0.667. The molecule has 1 aromatic carbocycles. The van der Waals surface area contributed by atoms with Gasteiger partial charge in [0.1, 0.15) is 0 Å². The fourth-order valence-corrected chi connectivity index (χ4v) is 3.71. The third-order valence-electron chi connectivity index (χ3n) is 4.83. The van der Waals surface area contributed by atoms with E-state index in [1.807, 2.05) is 0 Å². The van der Waals surface area contributed by atoms with Crippen LogP contribution in [-0.4, -0.2) is 24.0 Å². The molecule has 1 atom stereocenters. The maximum absolute atomic E-state index is 6.17. The molecule has 1 fully saturated rings. The smallest absolute Gasteiger partial charge is 0.0475 e. The molecule has 0 amide bonds. The fourth-order valence-electron chi connectivity index (χ4n) is 3.71. The average molecular weight is 274 g/mol. The predicted molar refractivity (Wildman–Crippen MR) is 87.0 cm³/mol. The first-order valence-electron chi connectivity index (χ1n) is 8.20. The predicted octanol–water partition coefficient (Wildman–Crippen LogP) is 3.96. The molecule has 0 radical (unpaired) electrons. The lowest BCUT2D eigenvalue weighted by molar-refractivity contribution is 0.113. The molecular weight excluding hydrogens is 244 g/mol. The van der Waals surface area contributed by atoms with Gasteiger partial charge in [-0.15, -0.1) is 0 Å². The summed E-state index contributed by atoms with van der Waals surface area (Å²) >= 11 is 0. The van der Waals surface area contributed by atoms with Gasteiger partial charge in [0, 0.05) is 18.6 Å². The number of rotatable bonds is 5. The van der Waals surface area contributed by atoms with Gasteiger partial charge in [-0.25, -0.2) is 0 Å². The molecule has 2 heteroatoms. The lowest BCUT2D eigenvalue weighted by atomic mass is 9.90. The Morgan fingerprint density at radius 3 is 2.50 bits per heavy atom. The Kier molecular flexibility index (Phi) is 5.62. The highest BCUT2D eigenvalue weighted by atomic mass is 15.2. The maximum atomic E-state index is 6.17. The molecule has 0 bridgehead atoms. The van der Waals surface area contributed by atoms with Crippen molar-refractivity contribution in [3.8, 4) is 0 Å². The number of aryl methyl sites for hydroxylation is 2. The van der Waals surface area contributed by atoms with E-state index in [1.54, 1.807) is 0 Å². The summed E-state index contributed by atoms with van der Waals surface area (Å²) in [6.45, 7) is 8.48. The monoisotopic (exact) mass is 274 g/mol. The zero-order valence-corrected chi connectivity index (χ0v) is 13.4. The average Bonchev–Trinajstić information content (AvgIpc) is 2.48. The molecule has 2 rings (SSSR count). The highest BCUT2D eigenvalue weighted by molar-refractivity contribution is 5.33. The van der Waals surface area contributed by atoms with Gasteiger partial charge in [0.05, 0.1) is 0 Å². The van der Waals surface area contributed by atoms with Crippen molar-refractivity contribution < 1.29 is 0 Å². The van der Waals surface area contributed by atoms with Crippen molar-refractivity contribution in [3.63, 3.8) is 0 Å². The van der Waals surface area contributed by atoms with E-state index in [0.717, 1.165) is 12.6 Å². The number of likely N-dealkylation sites (N-methyl/N-ethyl adjacent to an activating group) is 1. The Morgan fingerprint density at radius 2 is 1.90 bits per heavy atom. The van der Waals surface area contributed by atoms with Crippen LogP contribution >= 0.6 is 0 Å². The van der Waals surface area contributed by atoms with Crippen LogP contribution in [0.3, 0.4) is 0 Å². The van der Waals surface area contributed by atoms with E-state index in [-0.39, 0.29) is 0 Å². The van der Waals surface area contributed by atoms with Crippen LogP contribution in [0.25, 0.3) is 0 Å². The lowest BCUT2D eigenvalue weighted by Gasteiger charge is -2.39. The number of nitrogens with zero attached hydrogens (tertiary/aromatic N) is 1. The van der Waals surface area contributed by atoms with Crippen LogP contribution in [0.15, 0.2) is 18.2 Å². The van der Waals surface area contributed by atoms with E-state index in [4.69, 9.17) is 5.73 Å². The standard InChI is InChI=1S/C18H30N2/c1-4-20(16-8-6-5-7-9-16)18(13-19)17-12-14(2)10-11-15(17)3/h10-12,16,18H,4-9,13,19H2,1-3H3. The van der Waals surface area contributed by atoms with Gasteiger partial charge >= 0.3 is 0 Å². The molecular formula is C18H30N2. The molecule has 1 unspecified atom stereocenters. The normalized spacial score (nSPS) is 18.4. The van der Waals surface area contributed by atoms with Crippen LogP contribution < -0.4 is 5.73 Å². The van der Waals surface area contributed by atoms with Crippen LogP contribution in [-0.2, 0) is 0 Å². The second-order valence-electron chi connectivity index (χ2n) is 6.23. The zero-order valence-electron chi connectivity index (χ0n) is 13.4. The Bertz CT molecular complexity index is 421. The Hall–Kier alpha value is -0.860. The van der Waals surface area contributed by atoms with E-state index in [0.29, 0.717) is 12.6 Å². The Labute approximate surface area is 124 Å². The number of benzene rings is 1. The molecule has 0 aliphatic heterocycles. The molecule has 1 aliphatic rings. The van der Waals surface area contributed by atoms with Crippen LogP contribution in [0.2, 0.25) is 0 Å². The molecule has 2 nitrogen and oxygen atoms in total. The van der Waals surface area contributed by atoms with Gasteiger partial charge in [0.2, 0.25) is 0 Å². The lowest BCUT2D eigenvalue weighted by Crippen LogP contribution is -2.42. The highest BCUT2D eigenvalue weighted by Gasteiger charge is 2.27. The van der Waals surface area contributed by atoms with E-state index < -0.39 is 0 Å². The van der Waals surface area contributed by atoms with Crippen molar-refractivity contribution >= 4 is 0 Å². The summed E-state index contributed by atoms with van der Waals surface area (Å²) in [4.78, 5) is 2.65. The minimum Gasteiger partial charge on any atom is -0.329 e. The molecule has 1 aliphatic carbocycles. The first-order valence-corrected chi connectivity index (χ1v) is 8.20.